The third-order valence-corrected chi connectivity index (χ3v) is 3.40. The molecule has 2 nitrogen and oxygen atoms in total. The molecule has 1 aromatic carbocycles. The Labute approximate surface area is 113 Å². The van der Waals surface area contributed by atoms with Crippen LogP contribution in [0.15, 0.2) is 41.1 Å². The Morgan fingerprint density at radius 2 is 1.94 bits per heavy atom. The van der Waals surface area contributed by atoms with Gasteiger partial charge in [-0.25, -0.2) is 0 Å². The van der Waals surface area contributed by atoms with Gasteiger partial charge in [-0.2, -0.15) is 11.3 Å². The summed E-state index contributed by atoms with van der Waals surface area (Å²) in [7, 11) is 0. The zero-order chi connectivity index (χ0) is 12.6. The number of hydrogen-bond donors (Lipinski definition) is 1. The smallest absolute Gasteiger partial charge is 0.119 e. The van der Waals surface area contributed by atoms with Gasteiger partial charge in [-0.3, -0.25) is 0 Å². The topological polar surface area (TPSA) is 21.3 Å². The summed E-state index contributed by atoms with van der Waals surface area (Å²) in [5.41, 5.74) is 2.53. The van der Waals surface area contributed by atoms with Crippen LogP contribution >= 0.6 is 11.3 Å². The van der Waals surface area contributed by atoms with Crippen LogP contribution < -0.4 is 10.1 Å². The standard InChI is InChI=1S/C15H19NOS/c1-2-8-16-10-13-3-5-15(6-4-13)17-11-14-7-9-18-12-14/h3-7,9,12,16H,2,8,10-11H2,1H3. The molecule has 0 radical (unpaired) electrons. The monoisotopic (exact) mass is 261 g/mol. The molecule has 1 heterocycles. The molecule has 0 atom stereocenters. The number of benzene rings is 1. The van der Waals surface area contributed by atoms with Gasteiger partial charge in [0, 0.05) is 6.54 Å². The summed E-state index contributed by atoms with van der Waals surface area (Å²) in [5.74, 6) is 0.931. The van der Waals surface area contributed by atoms with Crippen molar-refractivity contribution in [2.75, 3.05) is 6.54 Å². The Balaban J connectivity index is 1.80. The molecule has 96 valence electrons. The van der Waals surface area contributed by atoms with Crippen molar-refractivity contribution in [2.45, 2.75) is 26.5 Å². The summed E-state index contributed by atoms with van der Waals surface area (Å²) in [4.78, 5) is 0. The molecular formula is C15H19NOS. The van der Waals surface area contributed by atoms with Gasteiger partial charge >= 0.3 is 0 Å². The molecule has 0 aliphatic carbocycles. The highest BCUT2D eigenvalue weighted by atomic mass is 32.1. The fourth-order valence-corrected chi connectivity index (χ4v) is 2.31. The van der Waals surface area contributed by atoms with E-state index in [1.165, 1.54) is 17.5 Å². The molecule has 2 aromatic rings. The lowest BCUT2D eigenvalue weighted by Gasteiger charge is -2.07. The minimum absolute atomic E-state index is 0.650. The van der Waals surface area contributed by atoms with E-state index in [9.17, 15) is 0 Å². The van der Waals surface area contributed by atoms with E-state index in [1.807, 2.05) is 12.1 Å². The second-order valence-corrected chi connectivity index (χ2v) is 5.02. The first-order valence-electron chi connectivity index (χ1n) is 6.32. The van der Waals surface area contributed by atoms with Gasteiger partial charge in [0.25, 0.3) is 0 Å². The summed E-state index contributed by atoms with van der Waals surface area (Å²) in [6.07, 6.45) is 1.17. The zero-order valence-corrected chi connectivity index (χ0v) is 11.5. The molecule has 18 heavy (non-hydrogen) atoms. The summed E-state index contributed by atoms with van der Waals surface area (Å²) in [6, 6.07) is 10.4. The second-order valence-electron chi connectivity index (χ2n) is 4.24. The normalized spacial score (nSPS) is 10.5. The maximum absolute atomic E-state index is 5.72. The average Bonchev–Trinajstić information content (AvgIpc) is 2.91. The Bertz CT molecular complexity index is 436. The van der Waals surface area contributed by atoms with Gasteiger partial charge in [-0.15, -0.1) is 0 Å². The first kappa shape index (κ1) is 13.1. The fraction of sp³-hybridized carbons (Fsp3) is 0.333. The first-order chi connectivity index (χ1) is 8.88. The zero-order valence-electron chi connectivity index (χ0n) is 10.7. The lowest BCUT2D eigenvalue weighted by atomic mass is 10.2. The highest BCUT2D eigenvalue weighted by molar-refractivity contribution is 7.07. The van der Waals surface area contributed by atoms with E-state index in [4.69, 9.17) is 4.74 Å². The Hall–Kier alpha value is -1.32. The molecule has 0 bridgehead atoms. The third kappa shape index (κ3) is 4.17. The van der Waals surface area contributed by atoms with Crippen molar-refractivity contribution < 1.29 is 4.74 Å². The molecule has 1 aromatic heterocycles. The van der Waals surface area contributed by atoms with Gasteiger partial charge < -0.3 is 10.1 Å². The molecule has 0 amide bonds. The van der Waals surface area contributed by atoms with Gasteiger partial charge in [0.1, 0.15) is 12.4 Å². The SMILES string of the molecule is CCCNCc1ccc(OCc2ccsc2)cc1. The van der Waals surface area contributed by atoms with Gasteiger partial charge in [0.15, 0.2) is 0 Å². The Morgan fingerprint density at radius 3 is 2.61 bits per heavy atom. The molecule has 3 heteroatoms. The number of nitrogens with one attached hydrogen (secondary N) is 1. The number of hydrogen-bond acceptors (Lipinski definition) is 3. The molecule has 0 unspecified atom stereocenters. The quantitative estimate of drug-likeness (QED) is 0.765. The largest absolute Gasteiger partial charge is 0.489 e. The maximum Gasteiger partial charge on any atom is 0.119 e. The van der Waals surface area contributed by atoms with Crippen LogP contribution in [0.1, 0.15) is 24.5 Å². The van der Waals surface area contributed by atoms with Crippen LogP contribution in [0.5, 0.6) is 5.75 Å². The minimum Gasteiger partial charge on any atom is -0.489 e. The fourth-order valence-electron chi connectivity index (χ4n) is 1.65. The van der Waals surface area contributed by atoms with E-state index in [-0.39, 0.29) is 0 Å². The van der Waals surface area contributed by atoms with Crippen molar-refractivity contribution in [2.24, 2.45) is 0 Å². The van der Waals surface area contributed by atoms with Crippen molar-refractivity contribution in [1.29, 1.82) is 0 Å². The lowest BCUT2D eigenvalue weighted by Crippen LogP contribution is -2.13. The van der Waals surface area contributed by atoms with Crippen molar-refractivity contribution in [3.63, 3.8) is 0 Å². The van der Waals surface area contributed by atoms with Crippen LogP contribution in [-0.4, -0.2) is 6.54 Å². The molecule has 0 aliphatic heterocycles. The summed E-state index contributed by atoms with van der Waals surface area (Å²) in [5, 5.41) is 7.57. The molecule has 0 aliphatic rings. The lowest BCUT2D eigenvalue weighted by molar-refractivity contribution is 0.306. The van der Waals surface area contributed by atoms with E-state index < -0.39 is 0 Å². The van der Waals surface area contributed by atoms with E-state index in [1.54, 1.807) is 11.3 Å². The van der Waals surface area contributed by atoms with Crippen LogP contribution in [-0.2, 0) is 13.2 Å². The molecule has 0 saturated carbocycles. The van der Waals surface area contributed by atoms with Gasteiger partial charge in [-0.05, 0) is 53.1 Å². The van der Waals surface area contributed by atoms with E-state index in [0.29, 0.717) is 6.61 Å². The summed E-state index contributed by atoms with van der Waals surface area (Å²) >= 11 is 1.70. The van der Waals surface area contributed by atoms with Crippen molar-refractivity contribution in [1.82, 2.24) is 5.32 Å². The first-order valence-corrected chi connectivity index (χ1v) is 7.26. The minimum atomic E-state index is 0.650. The summed E-state index contributed by atoms with van der Waals surface area (Å²) in [6.45, 7) is 4.82. The van der Waals surface area contributed by atoms with Crippen LogP contribution in [0.25, 0.3) is 0 Å². The highest BCUT2D eigenvalue weighted by Gasteiger charge is 1.97. The van der Waals surface area contributed by atoms with E-state index >= 15 is 0 Å². The molecule has 1 N–H and O–H groups in total. The Kier molecular flexibility index (Phi) is 5.24. The van der Waals surface area contributed by atoms with Crippen molar-refractivity contribution in [3.8, 4) is 5.75 Å². The van der Waals surface area contributed by atoms with Crippen LogP contribution in [0.4, 0.5) is 0 Å². The molecular weight excluding hydrogens is 242 g/mol. The predicted octanol–water partition coefficient (Wildman–Crippen LogP) is 3.83. The highest BCUT2D eigenvalue weighted by Crippen LogP contribution is 2.15. The molecule has 0 fully saturated rings. The van der Waals surface area contributed by atoms with Crippen LogP contribution in [0.3, 0.4) is 0 Å². The average molecular weight is 261 g/mol. The second kappa shape index (κ2) is 7.19. The van der Waals surface area contributed by atoms with Gasteiger partial charge in [-0.1, -0.05) is 19.1 Å². The molecule has 2 rings (SSSR count). The number of ether oxygens (including phenoxy) is 1. The molecule has 0 spiro atoms. The predicted molar refractivity (Wildman–Crippen MR) is 77.1 cm³/mol. The van der Waals surface area contributed by atoms with Crippen LogP contribution in [0, 0.1) is 0 Å². The molecule has 0 saturated heterocycles. The van der Waals surface area contributed by atoms with Crippen molar-refractivity contribution >= 4 is 11.3 Å². The summed E-state index contributed by atoms with van der Waals surface area (Å²) < 4.78 is 5.72. The Morgan fingerprint density at radius 1 is 1.11 bits per heavy atom. The number of rotatable bonds is 7. The van der Waals surface area contributed by atoms with Crippen LogP contribution in [0.2, 0.25) is 0 Å². The maximum atomic E-state index is 5.72. The third-order valence-electron chi connectivity index (χ3n) is 2.66. The van der Waals surface area contributed by atoms with E-state index in [0.717, 1.165) is 18.8 Å². The van der Waals surface area contributed by atoms with Gasteiger partial charge in [0.2, 0.25) is 0 Å². The van der Waals surface area contributed by atoms with Gasteiger partial charge in [0.05, 0.1) is 0 Å². The van der Waals surface area contributed by atoms with Crippen molar-refractivity contribution in [3.05, 3.63) is 52.2 Å². The number of thiophene rings is 1. The van der Waals surface area contributed by atoms with E-state index in [2.05, 4.69) is 41.2 Å².